The van der Waals surface area contributed by atoms with Gasteiger partial charge >= 0.3 is 0 Å². The minimum atomic E-state index is -0.249. The molecule has 0 saturated heterocycles. The van der Waals surface area contributed by atoms with Gasteiger partial charge in [0, 0.05) is 61.2 Å². The fourth-order valence-corrected chi connectivity index (χ4v) is 4.88. The molecule has 0 radical (unpaired) electrons. The second-order valence-corrected chi connectivity index (χ2v) is 8.87. The average Bonchev–Trinajstić information content (AvgIpc) is 3.47. The molecule has 2 aliphatic rings. The van der Waals surface area contributed by atoms with Crippen LogP contribution in [0.15, 0.2) is 42.7 Å². The van der Waals surface area contributed by atoms with Crippen molar-refractivity contribution in [1.29, 1.82) is 0 Å². The first-order valence-electron chi connectivity index (χ1n) is 11.4. The molecule has 4 aromatic rings. The number of hydrogen-bond acceptors (Lipinski definition) is 5. The number of aromatic nitrogens is 3. The van der Waals surface area contributed by atoms with Crippen molar-refractivity contribution in [1.82, 2.24) is 19.3 Å². The number of aryl methyl sites for hydroxylation is 1. The van der Waals surface area contributed by atoms with Gasteiger partial charge in [-0.15, -0.1) is 0 Å². The van der Waals surface area contributed by atoms with Gasteiger partial charge in [0.2, 0.25) is 5.95 Å². The number of amides is 1. The number of nitrogens with one attached hydrogen (secondary N) is 1. The van der Waals surface area contributed by atoms with Crippen LogP contribution in [-0.2, 0) is 19.4 Å². The maximum absolute atomic E-state index is 14.6. The van der Waals surface area contributed by atoms with Crippen LogP contribution in [0.4, 0.5) is 10.3 Å². The van der Waals surface area contributed by atoms with E-state index in [0.717, 1.165) is 51.3 Å². The van der Waals surface area contributed by atoms with E-state index in [0.29, 0.717) is 37.6 Å². The van der Waals surface area contributed by atoms with Gasteiger partial charge < -0.3 is 15.0 Å². The minimum absolute atomic E-state index is 0.0531. The molecule has 4 heterocycles. The molecule has 172 valence electrons. The second kappa shape index (κ2) is 7.83. The quantitative estimate of drug-likeness (QED) is 0.501. The summed E-state index contributed by atoms with van der Waals surface area (Å²) in [6.07, 6.45) is 5.23. The Bertz CT molecular complexity index is 1460. The highest BCUT2D eigenvalue weighted by Crippen LogP contribution is 2.32. The van der Waals surface area contributed by atoms with Crippen LogP contribution >= 0.6 is 0 Å². The maximum atomic E-state index is 14.6. The zero-order chi connectivity index (χ0) is 23.4. The number of imidazole rings is 1. The van der Waals surface area contributed by atoms with E-state index in [4.69, 9.17) is 9.72 Å². The number of ether oxygens (including phenoxy) is 1. The number of rotatable bonds is 4. The van der Waals surface area contributed by atoms with Crippen LogP contribution in [0.25, 0.3) is 16.8 Å². The van der Waals surface area contributed by atoms with Crippen LogP contribution in [0.3, 0.4) is 0 Å². The van der Waals surface area contributed by atoms with E-state index in [1.165, 1.54) is 6.07 Å². The number of anilines is 1. The summed E-state index contributed by atoms with van der Waals surface area (Å²) >= 11 is 0. The van der Waals surface area contributed by atoms with Crippen molar-refractivity contribution in [3.63, 3.8) is 0 Å². The Kier molecular flexibility index (Phi) is 4.76. The first-order chi connectivity index (χ1) is 16.5. The number of benzene rings is 2. The average molecular weight is 458 g/mol. The van der Waals surface area contributed by atoms with Crippen molar-refractivity contribution in [2.75, 3.05) is 25.5 Å². The molecule has 2 aromatic carbocycles. The van der Waals surface area contributed by atoms with E-state index in [2.05, 4.69) is 16.4 Å². The Balaban J connectivity index is 1.36. The molecule has 0 unspecified atom stereocenters. The van der Waals surface area contributed by atoms with Crippen LogP contribution in [0.5, 0.6) is 5.75 Å². The summed E-state index contributed by atoms with van der Waals surface area (Å²) in [6.45, 7) is 3.51. The van der Waals surface area contributed by atoms with Gasteiger partial charge in [0.25, 0.3) is 5.91 Å². The summed E-state index contributed by atoms with van der Waals surface area (Å²) in [4.78, 5) is 23.6. The predicted octanol–water partition coefficient (Wildman–Crippen LogP) is 4.02. The second-order valence-electron chi connectivity index (χ2n) is 8.87. The van der Waals surface area contributed by atoms with Crippen LogP contribution < -0.4 is 10.1 Å². The molecule has 34 heavy (non-hydrogen) atoms. The minimum Gasteiger partial charge on any atom is -0.493 e. The highest BCUT2D eigenvalue weighted by atomic mass is 19.1. The molecule has 0 saturated carbocycles. The molecule has 0 bridgehead atoms. The van der Waals surface area contributed by atoms with Crippen molar-refractivity contribution in [2.45, 2.75) is 26.3 Å². The van der Waals surface area contributed by atoms with Gasteiger partial charge in [-0.25, -0.2) is 14.4 Å². The van der Waals surface area contributed by atoms with Crippen LogP contribution in [0.1, 0.15) is 32.7 Å². The number of hydrogen-bond donors (Lipinski definition) is 1. The highest BCUT2D eigenvalue weighted by Gasteiger charge is 2.23. The SMILES string of the molecule is Cc1cn2c(NCc3c(F)ccc4c3CCO4)ncc(-c3ccc4c(c3)CCN(C)C4=O)c2n1. The van der Waals surface area contributed by atoms with Crippen molar-refractivity contribution >= 4 is 17.5 Å². The smallest absolute Gasteiger partial charge is 0.253 e. The summed E-state index contributed by atoms with van der Waals surface area (Å²) in [7, 11) is 1.83. The predicted molar refractivity (Wildman–Crippen MR) is 127 cm³/mol. The van der Waals surface area contributed by atoms with Gasteiger partial charge in [-0.1, -0.05) is 12.1 Å². The van der Waals surface area contributed by atoms with Gasteiger partial charge in [0.15, 0.2) is 0 Å². The third-order valence-corrected chi connectivity index (χ3v) is 6.69. The molecule has 0 atom stereocenters. The molecule has 6 rings (SSSR count). The van der Waals surface area contributed by atoms with Gasteiger partial charge in [0.05, 0.1) is 12.3 Å². The van der Waals surface area contributed by atoms with E-state index in [9.17, 15) is 9.18 Å². The zero-order valence-electron chi connectivity index (χ0n) is 19.1. The fraction of sp³-hybridized carbons (Fsp3) is 0.269. The molecule has 2 aliphatic heterocycles. The Hall–Kier alpha value is -3.94. The fourth-order valence-electron chi connectivity index (χ4n) is 4.88. The van der Waals surface area contributed by atoms with E-state index in [1.807, 2.05) is 36.7 Å². The molecule has 0 fully saturated rings. The van der Waals surface area contributed by atoms with E-state index < -0.39 is 0 Å². The molecule has 0 aliphatic carbocycles. The molecular formula is C26H24FN5O2. The Morgan fingerprint density at radius 3 is 2.94 bits per heavy atom. The topological polar surface area (TPSA) is 71.8 Å². The van der Waals surface area contributed by atoms with Crippen LogP contribution in [0.2, 0.25) is 0 Å². The molecule has 7 nitrogen and oxygen atoms in total. The van der Waals surface area contributed by atoms with Crippen molar-refractivity contribution in [2.24, 2.45) is 0 Å². The summed E-state index contributed by atoms with van der Waals surface area (Å²) in [5.74, 6) is 1.14. The number of nitrogens with zero attached hydrogens (tertiary/aromatic N) is 4. The van der Waals surface area contributed by atoms with E-state index in [-0.39, 0.29) is 11.7 Å². The third kappa shape index (κ3) is 3.29. The summed E-state index contributed by atoms with van der Waals surface area (Å²) in [5, 5.41) is 3.29. The number of carbonyl (C=O) groups is 1. The number of fused-ring (bicyclic) bond motifs is 3. The molecular weight excluding hydrogens is 433 g/mol. The Labute approximate surface area is 196 Å². The largest absolute Gasteiger partial charge is 0.493 e. The van der Waals surface area contributed by atoms with Crippen LogP contribution in [-0.4, -0.2) is 45.4 Å². The van der Waals surface area contributed by atoms with Gasteiger partial charge in [0.1, 0.15) is 17.2 Å². The van der Waals surface area contributed by atoms with Crippen LogP contribution in [0, 0.1) is 12.7 Å². The maximum Gasteiger partial charge on any atom is 0.253 e. The molecule has 2 aromatic heterocycles. The first-order valence-corrected chi connectivity index (χ1v) is 11.4. The normalized spacial score (nSPS) is 14.8. The summed E-state index contributed by atoms with van der Waals surface area (Å²) < 4.78 is 22.1. The lowest BCUT2D eigenvalue weighted by molar-refractivity contribution is 0.0781. The Morgan fingerprint density at radius 2 is 2.06 bits per heavy atom. The number of likely N-dealkylation sites (N-methyl/N-ethyl adjacent to an activating group) is 1. The first kappa shape index (κ1) is 20.7. The standard InChI is InChI=1S/C26H24FN5O2/c1-15-14-32-24(30-15)20(16-3-4-18-17(11-16)7-9-31(2)25(18)33)12-28-26(32)29-13-21-19-8-10-34-23(19)6-5-22(21)27/h3-6,11-12,14H,7-10,13H2,1-2H3,(H,28,29). The summed E-state index contributed by atoms with van der Waals surface area (Å²) in [6, 6.07) is 9.05. The molecule has 8 heteroatoms. The van der Waals surface area contributed by atoms with Gasteiger partial charge in [-0.05, 0) is 42.7 Å². The monoisotopic (exact) mass is 457 g/mol. The van der Waals surface area contributed by atoms with Gasteiger partial charge in [-0.2, -0.15) is 0 Å². The van der Waals surface area contributed by atoms with Crippen molar-refractivity contribution in [3.05, 3.63) is 76.5 Å². The Morgan fingerprint density at radius 1 is 1.18 bits per heavy atom. The van der Waals surface area contributed by atoms with E-state index in [1.54, 1.807) is 17.2 Å². The van der Waals surface area contributed by atoms with E-state index >= 15 is 0 Å². The van der Waals surface area contributed by atoms with Crippen molar-refractivity contribution < 1.29 is 13.9 Å². The number of carbonyl (C=O) groups excluding carboxylic acids is 1. The lowest BCUT2D eigenvalue weighted by Gasteiger charge is -2.25. The third-order valence-electron chi connectivity index (χ3n) is 6.69. The molecule has 1 amide bonds. The lowest BCUT2D eigenvalue weighted by atomic mass is 9.95. The van der Waals surface area contributed by atoms with Crippen molar-refractivity contribution in [3.8, 4) is 16.9 Å². The molecule has 1 N–H and O–H groups in total. The molecule has 0 spiro atoms. The zero-order valence-corrected chi connectivity index (χ0v) is 19.1. The lowest BCUT2D eigenvalue weighted by Crippen LogP contribution is -2.34. The number of halogens is 1. The van der Waals surface area contributed by atoms with Gasteiger partial charge in [-0.3, -0.25) is 9.20 Å². The highest BCUT2D eigenvalue weighted by molar-refractivity contribution is 5.97. The summed E-state index contributed by atoms with van der Waals surface area (Å²) in [5.41, 5.74) is 6.78.